The van der Waals surface area contributed by atoms with Crippen LogP contribution in [0.4, 0.5) is 0 Å². The largest absolute Gasteiger partial charge is 0.480 e. The molecule has 3 aromatic rings. The van der Waals surface area contributed by atoms with E-state index in [1.165, 1.54) is 0 Å². The van der Waals surface area contributed by atoms with Gasteiger partial charge in [0.1, 0.15) is 5.75 Å². The first-order valence-corrected chi connectivity index (χ1v) is 7.55. The fourth-order valence-corrected chi connectivity index (χ4v) is 2.38. The van der Waals surface area contributed by atoms with Crippen molar-refractivity contribution in [1.29, 1.82) is 0 Å². The standard InChI is InChI=1S/C19H18N2O2/c1-14(19(22)21-13-15-9-11-20-12-10-15)23-18-8-4-6-16-5-2-3-7-17(16)18/h2-12,14H,13H2,1H3,(H,21,22)/t14-/m0/s1. The highest BCUT2D eigenvalue weighted by atomic mass is 16.5. The van der Waals surface area contributed by atoms with Crippen molar-refractivity contribution in [1.82, 2.24) is 10.3 Å². The third kappa shape index (κ3) is 3.66. The average Bonchev–Trinajstić information content (AvgIpc) is 2.61. The number of hydrogen-bond acceptors (Lipinski definition) is 3. The summed E-state index contributed by atoms with van der Waals surface area (Å²) in [4.78, 5) is 16.2. The fourth-order valence-electron chi connectivity index (χ4n) is 2.38. The second-order valence-electron chi connectivity index (χ2n) is 5.31. The van der Waals surface area contributed by atoms with E-state index >= 15 is 0 Å². The number of benzene rings is 2. The molecule has 2 aromatic carbocycles. The van der Waals surface area contributed by atoms with Gasteiger partial charge in [0.15, 0.2) is 6.10 Å². The van der Waals surface area contributed by atoms with E-state index < -0.39 is 6.10 Å². The van der Waals surface area contributed by atoms with Gasteiger partial charge in [-0.25, -0.2) is 0 Å². The van der Waals surface area contributed by atoms with Crippen molar-refractivity contribution >= 4 is 16.7 Å². The number of nitrogens with zero attached hydrogens (tertiary/aromatic N) is 1. The maximum absolute atomic E-state index is 12.2. The maximum Gasteiger partial charge on any atom is 0.261 e. The lowest BCUT2D eigenvalue weighted by atomic mass is 10.1. The molecular weight excluding hydrogens is 288 g/mol. The van der Waals surface area contributed by atoms with Gasteiger partial charge in [-0.1, -0.05) is 36.4 Å². The summed E-state index contributed by atoms with van der Waals surface area (Å²) in [5.41, 5.74) is 1.01. The summed E-state index contributed by atoms with van der Waals surface area (Å²) in [7, 11) is 0. The van der Waals surface area contributed by atoms with Crippen LogP contribution in [0, 0.1) is 0 Å². The lowest BCUT2D eigenvalue weighted by Crippen LogP contribution is -2.35. The van der Waals surface area contributed by atoms with Gasteiger partial charge >= 0.3 is 0 Å². The van der Waals surface area contributed by atoms with E-state index in [9.17, 15) is 4.79 Å². The number of amides is 1. The van der Waals surface area contributed by atoms with Gasteiger partial charge in [0.25, 0.3) is 5.91 Å². The Kier molecular flexibility index (Phi) is 4.52. The van der Waals surface area contributed by atoms with E-state index in [4.69, 9.17) is 4.74 Å². The van der Waals surface area contributed by atoms with Crippen LogP contribution in [0.25, 0.3) is 10.8 Å². The maximum atomic E-state index is 12.2. The lowest BCUT2D eigenvalue weighted by Gasteiger charge is -2.16. The van der Waals surface area contributed by atoms with Crippen LogP contribution in [0.15, 0.2) is 67.0 Å². The Bertz CT molecular complexity index is 797. The zero-order valence-electron chi connectivity index (χ0n) is 12.9. The summed E-state index contributed by atoms with van der Waals surface area (Å²) in [6, 6.07) is 17.5. The van der Waals surface area contributed by atoms with Gasteiger partial charge in [-0.05, 0) is 36.1 Å². The minimum Gasteiger partial charge on any atom is -0.480 e. The number of carbonyl (C=O) groups is 1. The minimum absolute atomic E-state index is 0.144. The molecule has 0 radical (unpaired) electrons. The zero-order valence-corrected chi connectivity index (χ0v) is 12.9. The van der Waals surface area contributed by atoms with E-state index in [2.05, 4.69) is 10.3 Å². The smallest absolute Gasteiger partial charge is 0.261 e. The predicted octanol–water partition coefficient (Wildman–Crippen LogP) is 3.32. The summed E-state index contributed by atoms with van der Waals surface area (Å²) < 4.78 is 5.85. The molecule has 0 aliphatic carbocycles. The summed E-state index contributed by atoms with van der Waals surface area (Å²) in [6.45, 7) is 2.22. The number of ether oxygens (including phenoxy) is 1. The first kappa shape index (κ1) is 15.0. The number of aromatic nitrogens is 1. The minimum atomic E-state index is -0.567. The summed E-state index contributed by atoms with van der Waals surface area (Å²) in [5.74, 6) is 0.574. The van der Waals surface area contributed by atoms with Gasteiger partial charge in [-0.3, -0.25) is 9.78 Å². The van der Waals surface area contributed by atoms with Gasteiger partial charge in [0.05, 0.1) is 0 Å². The molecule has 1 N–H and O–H groups in total. The van der Waals surface area contributed by atoms with Gasteiger partial charge in [-0.15, -0.1) is 0 Å². The topological polar surface area (TPSA) is 51.2 Å². The Morgan fingerprint density at radius 3 is 2.65 bits per heavy atom. The van der Waals surface area contributed by atoms with E-state index in [1.807, 2.05) is 54.6 Å². The number of fused-ring (bicyclic) bond motifs is 1. The quantitative estimate of drug-likeness (QED) is 0.786. The van der Waals surface area contributed by atoms with Crippen LogP contribution in [0.5, 0.6) is 5.75 Å². The van der Waals surface area contributed by atoms with Crippen molar-refractivity contribution in [2.75, 3.05) is 0 Å². The Hall–Kier alpha value is -2.88. The van der Waals surface area contributed by atoms with Crippen LogP contribution in [-0.2, 0) is 11.3 Å². The molecule has 3 rings (SSSR count). The molecule has 23 heavy (non-hydrogen) atoms. The predicted molar refractivity (Wildman–Crippen MR) is 90.1 cm³/mol. The second kappa shape index (κ2) is 6.92. The van der Waals surface area contributed by atoms with Crippen molar-refractivity contribution in [2.24, 2.45) is 0 Å². The van der Waals surface area contributed by atoms with Crippen LogP contribution in [0.1, 0.15) is 12.5 Å². The van der Waals surface area contributed by atoms with Crippen LogP contribution >= 0.6 is 0 Å². The number of carbonyl (C=O) groups excluding carboxylic acids is 1. The molecule has 1 atom stereocenters. The molecule has 0 aliphatic rings. The normalized spacial score (nSPS) is 11.9. The molecule has 0 saturated heterocycles. The first-order valence-electron chi connectivity index (χ1n) is 7.55. The van der Waals surface area contributed by atoms with Gasteiger partial charge < -0.3 is 10.1 Å². The Morgan fingerprint density at radius 2 is 1.83 bits per heavy atom. The van der Waals surface area contributed by atoms with Gasteiger partial charge in [0, 0.05) is 24.3 Å². The van der Waals surface area contributed by atoms with E-state index in [-0.39, 0.29) is 5.91 Å². The van der Waals surface area contributed by atoms with Gasteiger partial charge in [-0.2, -0.15) is 0 Å². The molecule has 4 heteroatoms. The molecule has 1 amide bonds. The Morgan fingerprint density at radius 1 is 1.09 bits per heavy atom. The van der Waals surface area contributed by atoms with Crippen LogP contribution in [0.3, 0.4) is 0 Å². The molecule has 0 aliphatic heterocycles. The van der Waals surface area contributed by atoms with Crippen molar-refractivity contribution in [3.8, 4) is 5.75 Å². The molecule has 0 fully saturated rings. The van der Waals surface area contributed by atoms with E-state index in [0.29, 0.717) is 6.54 Å². The van der Waals surface area contributed by atoms with Crippen molar-refractivity contribution in [3.05, 3.63) is 72.6 Å². The lowest BCUT2D eigenvalue weighted by molar-refractivity contribution is -0.127. The number of rotatable bonds is 5. The van der Waals surface area contributed by atoms with Crippen LogP contribution in [0.2, 0.25) is 0 Å². The SMILES string of the molecule is C[C@H](Oc1cccc2ccccc12)C(=O)NCc1ccncc1. The summed E-state index contributed by atoms with van der Waals surface area (Å²) in [6.07, 6.45) is 2.84. The second-order valence-corrected chi connectivity index (χ2v) is 5.31. The van der Waals surface area contributed by atoms with Crippen molar-refractivity contribution < 1.29 is 9.53 Å². The van der Waals surface area contributed by atoms with Crippen molar-refractivity contribution in [3.63, 3.8) is 0 Å². The molecule has 0 bridgehead atoms. The number of pyridine rings is 1. The highest BCUT2D eigenvalue weighted by Crippen LogP contribution is 2.26. The summed E-state index contributed by atoms with van der Waals surface area (Å²) in [5, 5.41) is 4.97. The first-order chi connectivity index (χ1) is 11.2. The number of nitrogens with one attached hydrogen (secondary N) is 1. The van der Waals surface area contributed by atoms with Crippen LogP contribution < -0.4 is 10.1 Å². The fraction of sp³-hybridized carbons (Fsp3) is 0.158. The molecule has 0 spiro atoms. The molecule has 0 unspecified atom stereocenters. The van der Waals surface area contributed by atoms with E-state index in [1.54, 1.807) is 19.3 Å². The Balaban J connectivity index is 1.66. The Labute approximate surface area is 135 Å². The monoisotopic (exact) mass is 306 g/mol. The molecular formula is C19H18N2O2. The molecule has 0 saturated carbocycles. The third-order valence-corrected chi connectivity index (χ3v) is 3.64. The zero-order chi connectivity index (χ0) is 16.1. The average molecular weight is 306 g/mol. The summed E-state index contributed by atoms with van der Waals surface area (Å²) >= 11 is 0. The van der Waals surface area contributed by atoms with Crippen LogP contribution in [-0.4, -0.2) is 17.0 Å². The third-order valence-electron chi connectivity index (χ3n) is 3.64. The van der Waals surface area contributed by atoms with Crippen molar-refractivity contribution in [2.45, 2.75) is 19.6 Å². The molecule has 116 valence electrons. The highest BCUT2D eigenvalue weighted by molar-refractivity contribution is 5.89. The number of hydrogen-bond donors (Lipinski definition) is 1. The molecule has 1 aromatic heterocycles. The van der Waals surface area contributed by atoms with Gasteiger partial charge in [0.2, 0.25) is 0 Å². The van der Waals surface area contributed by atoms with E-state index in [0.717, 1.165) is 22.1 Å². The highest BCUT2D eigenvalue weighted by Gasteiger charge is 2.15. The molecule has 4 nitrogen and oxygen atoms in total. The molecule has 1 heterocycles.